The third-order valence-electron chi connectivity index (χ3n) is 8.11. The van der Waals surface area contributed by atoms with Crippen LogP contribution in [0.5, 0.6) is 0 Å². The number of hydrogen-bond donors (Lipinski definition) is 1. The van der Waals surface area contributed by atoms with E-state index in [9.17, 15) is 4.79 Å². The molecule has 0 spiro atoms. The van der Waals surface area contributed by atoms with Crippen LogP contribution < -0.4 is 10.2 Å². The van der Waals surface area contributed by atoms with Gasteiger partial charge in [0.15, 0.2) is 16.6 Å². The molecule has 1 fully saturated rings. The average Bonchev–Trinajstić information content (AvgIpc) is 2.82. The summed E-state index contributed by atoms with van der Waals surface area (Å²) in [4.78, 5) is 29.0. The van der Waals surface area contributed by atoms with Gasteiger partial charge in [-0.05, 0) is 41.8 Å². The zero-order valence-electron chi connectivity index (χ0n) is 25.0. The SMILES string of the molecule is CC(C)(C)[Si](C)(C)OCCN(CCO[Si](C)(C)C(C)(C)C)C(=O)[C@H]1CN(c2ncc(N=[N+]=[N-])cn2)CCN1. The second-order valence-electron chi connectivity index (χ2n) is 12.9. The number of piperazine rings is 1. The first-order valence-electron chi connectivity index (χ1n) is 13.4. The van der Waals surface area contributed by atoms with Crippen molar-refractivity contribution in [3.8, 4) is 0 Å². The highest BCUT2D eigenvalue weighted by atomic mass is 28.4. The van der Waals surface area contributed by atoms with Gasteiger partial charge in [0.25, 0.3) is 0 Å². The van der Waals surface area contributed by atoms with Gasteiger partial charge < -0.3 is 24.0 Å². The number of carbonyl (C=O) groups excluding carboxylic acids is 1. The third kappa shape index (κ3) is 8.75. The van der Waals surface area contributed by atoms with E-state index in [1.54, 1.807) is 0 Å². The van der Waals surface area contributed by atoms with Crippen LogP contribution in [0, 0.1) is 0 Å². The monoisotopic (exact) mass is 564 g/mol. The average molecular weight is 565 g/mol. The molecule has 0 saturated carbocycles. The van der Waals surface area contributed by atoms with Crippen molar-refractivity contribution in [1.82, 2.24) is 20.2 Å². The number of anilines is 1. The van der Waals surface area contributed by atoms with Crippen molar-refractivity contribution in [2.24, 2.45) is 5.11 Å². The van der Waals surface area contributed by atoms with Crippen molar-refractivity contribution in [3.05, 3.63) is 22.8 Å². The third-order valence-corrected chi connectivity index (χ3v) is 17.2. The molecule has 1 atom stereocenters. The Morgan fingerprint density at radius 1 is 1.08 bits per heavy atom. The molecule has 0 aromatic carbocycles. The number of amides is 1. The summed E-state index contributed by atoms with van der Waals surface area (Å²) in [7, 11) is -3.86. The highest BCUT2D eigenvalue weighted by molar-refractivity contribution is 6.74. The van der Waals surface area contributed by atoms with Crippen LogP contribution in [0.4, 0.5) is 11.6 Å². The van der Waals surface area contributed by atoms with Crippen LogP contribution in [-0.4, -0.2) is 89.4 Å². The summed E-state index contributed by atoms with van der Waals surface area (Å²) in [6.45, 7) is 26.0. The van der Waals surface area contributed by atoms with Gasteiger partial charge in [0.2, 0.25) is 11.9 Å². The first kappa shape index (κ1) is 32.2. The fourth-order valence-corrected chi connectivity index (χ4v) is 5.55. The van der Waals surface area contributed by atoms with E-state index in [0.717, 1.165) is 0 Å². The fourth-order valence-electron chi connectivity index (χ4n) is 3.49. The minimum absolute atomic E-state index is 0.0260. The van der Waals surface area contributed by atoms with Crippen LogP contribution in [0.25, 0.3) is 10.4 Å². The molecular formula is C25H48N8O3Si2. The zero-order valence-corrected chi connectivity index (χ0v) is 27.0. The van der Waals surface area contributed by atoms with E-state index < -0.39 is 22.7 Å². The largest absolute Gasteiger partial charge is 0.415 e. The van der Waals surface area contributed by atoms with Crippen molar-refractivity contribution in [2.75, 3.05) is 50.8 Å². The van der Waals surface area contributed by atoms with Crippen molar-refractivity contribution in [3.63, 3.8) is 0 Å². The van der Waals surface area contributed by atoms with E-state index in [2.05, 4.69) is 93.0 Å². The van der Waals surface area contributed by atoms with Crippen LogP contribution >= 0.6 is 0 Å². The van der Waals surface area contributed by atoms with E-state index >= 15 is 0 Å². The minimum atomic E-state index is -1.93. The zero-order chi connectivity index (χ0) is 28.8. The van der Waals surface area contributed by atoms with E-state index in [0.29, 0.717) is 57.6 Å². The molecule has 1 aromatic rings. The van der Waals surface area contributed by atoms with Gasteiger partial charge in [0.05, 0.1) is 18.9 Å². The molecule has 1 aliphatic heterocycles. The molecule has 1 aliphatic rings. The normalized spacial score (nSPS) is 17.2. The predicted octanol–water partition coefficient (Wildman–Crippen LogP) is 5.07. The Morgan fingerprint density at radius 3 is 2.03 bits per heavy atom. The number of azide groups is 1. The van der Waals surface area contributed by atoms with E-state index in [1.165, 1.54) is 12.4 Å². The molecule has 38 heavy (non-hydrogen) atoms. The van der Waals surface area contributed by atoms with Gasteiger partial charge in [-0.2, -0.15) is 0 Å². The van der Waals surface area contributed by atoms with Gasteiger partial charge in [-0.15, -0.1) is 0 Å². The molecule has 11 nitrogen and oxygen atoms in total. The second kappa shape index (κ2) is 12.9. The quantitative estimate of drug-likeness (QED) is 0.172. The van der Waals surface area contributed by atoms with Gasteiger partial charge in [-0.1, -0.05) is 46.7 Å². The van der Waals surface area contributed by atoms with Crippen LogP contribution in [0.3, 0.4) is 0 Å². The molecule has 1 saturated heterocycles. The van der Waals surface area contributed by atoms with Crippen LogP contribution in [0.15, 0.2) is 17.5 Å². The number of aromatic nitrogens is 2. The van der Waals surface area contributed by atoms with Crippen LogP contribution in [0.2, 0.25) is 36.3 Å². The molecule has 0 bridgehead atoms. The van der Waals surface area contributed by atoms with Gasteiger partial charge in [-0.3, -0.25) is 4.79 Å². The first-order valence-corrected chi connectivity index (χ1v) is 19.2. The van der Waals surface area contributed by atoms with Gasteiger partial charge in [-0.25, -0.2) is 9.97 Å². The molecule has 0 radical (unpaired) electrons. The molecule has 0 aliphatic carbocycles. The van der Waals surface area contributed by atoms with Gasteiger partial charge >= 0.3 is 0 Å². The summed E-state index contributed by atoms with van der Waals surface area (Å²) < 4.78 is 12.8. The maximum absolute atomic E-state index is 13.8. The Balaban J connectivity index is 2.12. The topological polar surface area (TPSA) is 129 Å². The highest BCUT2D eigenvalue weighted by Gasteiger charge is 2.39. The van der Waals surface area contributed by atoms with E-state index in [4.69, 9.17) is 14.4 Å². The lowest BCUT2D eigenvalue weighted by Crippen LogP contribution is -2.59. The number of nitrogens with zero attached hydrogens (tertiary/aromatic N) is 7. The number of nitrogens with one attached hydrogen (secondary N) is 1. The Labute approximate surface area is 230 Å². The van der Waals surface area contributed by atoms with E-state index in [-0.39, 0.29) is 16.0 Å². The predicted molar refractivity (Wildman–Crippen MR) is 158 cm³/mol. The lowest BCUT2D eigenvalue weighted by molar-refractivity contribution is -0.134. The fraction of sp³-hybridized carbons (Fsp3) is 0.800. The van der Waals surface area contributed by atoms with Gasteiger partial charge in [0.1, 0.15) is 6.04 Å². The Morgan fingerprint density at radius 2 is 1.58 bits per heavy atom. The van der Waals surface area contributed by atoms with Crippen molar-refractivity contribution in [2.45, 2.75) is 83.8 Å². The molecule has 2 heterocycles. The number of hydrogen-bond acceptors (Lipinski definition) is 8. The number of rotatable bonds is 11. The Kier molecular flexibility index (Phi) is 10.9. The first-order chi connectivity index (χ1) is 17.5. The standard InChI is InChI=1S/C25H48N8O3Si2/c1-24(2,3)37(7,8)35-15-13-32(14-16-36-38(9,10)25(4,5)6)22(34)21-19-33(12-11-27-21)23-28-17-20(18-29-23)30-31-26/h17-18,21,27H,11-16,19H2,1-10H3/t21-/m1/s1. The number of carbonyl (C=O) groups is 1. The molecule has 0 unspecified atom stereocenters. The van der Waals surface area contributed by atoms with Crippen molar-refractivity contribution >= 4 is 34.2 Å². The molecule has 1 aromatic heterocycles. The smallest absolute Gasteiger partial charge is 0.241 e. The van der Waals surface area contributed by atoms with Crippen LogP contribution in [0.1, 0.15) is 41.5 Å². The summed E-state index contributed by atoms with van der Waals surface area (Å²) in [6, 6.07) is -0.398. The van der Waals surface area contributed by atoms with E-state index in [1.807, 2.05) is 9.80 Å². The lowest BCUT2D eigenvalue weighted by atomic mass is 10.2. The Bertz CT molecular complexity index is 938. The molecule has 214 valence electrons. The molecular weight excluding hydrogens is 517 g/mol. The van der Waals surface area contributed by atoms with Crippen molar-refractivity contribution in [1.29, 1.82) is 0 Å². The second-order valence-corrected chi connectivity index (χ2v) is 22.5. The van der Waals surface area contributed by atoms with Crippen molar-refractivity contribution < 1.29 is 13.6 Å². The highest BCUT2D eigenvalue weighted by Crippen LogP contribution is 2.37. The minimum Gasteiger partial charge on any atom is -0.415 e. The summed E-state index contributed by atoms with van der Waals surface area (Å²) in [5, 5.41) is 7.11. The summed E-state index contributed by atoms with van der Waals surface area (Å²) in [5.41, 5.74) is 8.96. The lowest BCUT2D eigenvalue weighted by Gasteiger charge is -2.39. The maximum Gasteiger partial charge on any atom is 0.241 e. The molecule has 13 heteroatoms. The molecule has 1 N–H and O–H groups in total. The molecule has 1 amide bonds. The summed E-state index contributed by atoms with van der Waals surface area (Å²) in [5.74, 6) is 0.535. The Hall–Kier alpha value is -2.03. The van der Waals surface area contributed by atoms with Gasteiger partial charge in [0, 0.05) is 50.0 Å². The summed E-state index contributed by atoms with van der Waals surface area (Å²) in [6.07, 6.45) is 2.98. The summed E-state index contributed by atoms with van der Waals surface area (Å²) >= 11 is 0. The van der Waals surface area contributed by atoms with Crippen LogP contribution in [-0.2, 0) is 13.6 Å². The maximum atomic E-state index is 13.8. The molecule has 2 rings (SSSR count).